The van der Waals surface area contributed by atoms with Crippen molar-refractivity contribution in [3.63, 3.8) is 0 Å². The SMILES string of the molecule is Cc1ccc(S(=O)(=O)n2cc(-c3nc4c(C(N)=O)cccc4[nH]3)c3ccccc32)cc1. The molecular formula is C23H18N4O3S. The number of nitrogens with two attached hydrogens (primary N) is 1. The first-order valence-electron chi connectivity index (χ1n) is 9.57. The van der Waals surface area contributed by atoms with Crippen molar-refractivity contribution in [2.45, 2.75) is 11.8 Å². The number of rotatable bonds is 4. The lowest BCUT2D eigenvalue weighted by atomic mass is 10.1. The first-order valence-corrected chi connectivity index (χ1v) is 11.0. The molecule has 5 rings (SSSR count). The van der Waals surface area contributed by atoms with Crippen LogP contribution in [-0.4, -0.2) is 28.3 Å². The van der Waals surface area contributed by atoms with Crippen LogP contribution in [0.3, 0.4) is 0 Å². The van der Waals surface area contributed by atoms with Crippen LogP contribution in [0.2, 0.25) is 0 Å². The molecule has 0 aliphatic carbocycles. The van der Waals surface area contributed by atoms with Crippen LogP contribution < -0.4 is 5.73 Å². The Hall–Kier alpha value is -3.91. The molecule has 0 aliphatic heterocycles. The molecular weight excluding hydrogens is 412 g/mol. The maximum absolute atomic E-state index is 13.4. The number of H-pyrrole nitrogens is 1. The van der Waals surface area contributed by atoms with E-state index in [1.807, 2.05) is 19.1 Å². The molecule has 0 spiro atoms. The van der Waals surface area contributed by atoms with Crippen LogP contribution in [0.4, 0.5) is 0 Å². The molecule has 8 heteroatoms. The van der Waals surface area contributed by atoms with Gasteiger partial charge in [0.15, 0.2) is 0 Å². The number of benzene rings is 3. The van der Waals surface area contributed by atoms with Crippen LogP contribution in [0.15, 0.2) is 77.8 Å². The van der Waals surface area contributed by atoms with Gasteiger partial charge in [-0.05, 0) is 37.3 Å². The van der Waals surface area contributed by atoms with Crippen LogP contribution in [0.25, 0.3) is 33.3 Å². The second-order valence-corrected chi connectivity index (χ2v) is 9.14. The second-order valence-electron chi connectivity index (χ2n) is 7.33. The van der Waals surface area contributed by atoms with Crippen LogP contribution in [0.1, 0.15) is 15.9 Å². The number of nitrogens with one attached hydrogen (secondary N) is 1. The number of hydrogen-bond acceptors (Lipinski definition) is 4. The van der Waals surface area contributed by atoms with Gasteiger partial charge in [0.1, 0.15) is 11.3 Å². The number of hydrogen-bond donors (Lipinski definition) is 2. The molecule has 0 bridgehead atoms. The van der Waals surface area contributed by atoms with Gasteiger partial charge >= 0.3 is 0 Å². The lowest BCUT2D eigenvalue weighted by Crippen LogP contribution is -2.11. The molecule has 0 atom stereocenters. The predicted octanol–water partition coefficient (Wildman–Crippen LogP) is 3.83. The summed E-state index contributed by atoms with van der Waals surface area (Å²) < 4.78 is 28.0. The van der Waals surface area contributed by atoms with Crippen molar-refractivity contribution >= 4 is 37.9 Å². The van der Waals surface area contributed by atoms with Crippen molar-refractivity contribution < 1.29 is 13.2 Å². The van der Waals surface area contributed by atoms with Crippen LogP contribution >= 0.6 is 0 Å². The molecule has 0 aliphatic rings. The summed E-state index contributed by atoms with van der Waals surface area (Å²) in [4.78, 5) is 19.7. The van der Waals surface area contributed by atoms with Gasteiger partial charge in [-0.25, -0.2) is 17.4 Å². The van der Waals surface area contributed by atoms with Crippen molar-refractivity contribution in [2.24, 2.45) is 5.73 Å². The average Bonchev–Trinajstić information content (AvgIpc) is 3.35. The second kappa shape index (κ2) is 6.82. The Morgan fingerprint density at radius 2 is 1.74 bits per heavy atom. The van der Waals surface area contributed by atoms with E-state index < -0.39 is 15.9 Å². The Morgan fingerprint density at radius 3 is 2.48 bits per heavy atom. The van der Waals surface area contributed by atoms with E-state index in [2.05, 4.69) is 9.97 Å². The summed E-state index contributed by atoms with van der Waals surface area (Å²) in [5, 5.41) is 0.720. The smallest absolute Gasteiger partial charge is 0.268 e. The van der Waals surface area contributed by atoms with Crippen LogP contribution in [0.5, 0.6) is 0 Å². The van der Waals surface area contributed by atoms with E-state index in [9.17, 15) is 13.2 Å². The van der Waals surface area contributed by atoms with Gasteiger partial charge in [0, 0.05) is 17.1 Å². The fourth-order valence-electron chi connectivity index (χ4n) is 3.72. The number of primary amides is 1. The van der Waals surface area contributed by atoms with Crippen molar-refractivity contribution in [3.8, 4) is 11.4 Å². The van der Waals surface area contributed by atoms with Gasteiger partial charge in [0.25, 0.3) is 15.9 Å². The van der Waals surface area contributed by atoms with E-state index in [-0.39, 0.29) is 4.90 Å². The maximum Gasteiger partial charge on any atom is 0.268 e. The number of aromatic nitrogens is 3. The fraction of sp³-hybridized carbons (Fsp3) is 0.0435. The van der Waals surface area contributed by atoms with Gasteiger partial charge in [0.2, 0.25) is 0 Å². The molecule has 0 unspecified atom stereocenters. The van der Waals surface area contributed by atoms with Gasteiger partial charge in [-0.3, -0.25) is 4.79 Å². The summed E-state index contributed by atoms with van der Waals surface area (Å²) in [6.07, 6.45) is 1.56. The van der Waals surface area contributed by atoms with E-state index in [0.29, 0.717) is 33.5 Å². The van der Waals surface area contributed by atoms with Crippen molar-refractivity contribution in [1.82, 2.24) is 13.9 Å². The Bertz CT molecular complexity index is 1580. The Balaban J connectivity index is 1.76. The molecule has 0 fully saturated rings. The Kier molecular flexibility index (Phi) is 4.19. The molecule has 3 aromatic carbocycles. The summed E-state index contributed by atoms with van der Waals surface area (Å²) in [5.41, 5.74) is 8.99. The molecule has 1 amide bonds. The minimum absolute atomic E-state index is 0.200. The number of fused-ring (bicyclic) bond motifs is 2. The summed E-state index contributed by atoms with van der Waals surface area (Å²) in [5.74, 6) is -0.120. The first kappa shape index (κ1) is 19.1. The first-order chi connectivity index (χ1) is 14.9. The molecule has 2 heterocycles. The molecule has 0 radical (unpaired) electrons. The number of aromatic amines is 1. The van der Waals surface area contributed by atoms with Gasteiger partial charge in [0.05, 0.1) is 21.5 Å². The fourth-order valence-corrected chi connectivity index (χ4v) is 5.09. The van der Waals surface area contributed by atoms with E-state index >= 15 is 0 Å². The van der Waals surface area contributed by atoms with Crippen LogP contribution in [-0.2, 0) is 10.0 Å². The zero-order valence-corrected chi connectivity index (χ0v) is 17.3. The zero-order valence-electron chi connectivity index (χ0n) is 16.5. The van der Waals surface area contributed by atoms with E-state index in [0.717, 1.165) is 10.9 Å². The van der Waals surface area contributed by atoms with Crippen LogP contribution in [0, 0.1) is 6.92 Å². The maximum atomic E-state index is 13.4. The zero-order chi connectivity index (χ0) is 21.8. The number of para-hydroxylation sites is 2. The lowest BCUT2D eigenvalue weighted by molar-refractivity contribution is 0.100. The highest BCUT2D eigenvalue weighted by atomic mass is 32.2. The predicted molar refractivity (Wildman–Crippen MR) is 119 cm³/mol. The standard InChI is InChI=1S/C23H18N4O3S/c1-14-9-11-15(12-10-14)31(29,30)27-13-18(16-5-2-3-8-20(16)27)23-25-19-7-4-6-17(22(24)28)21(19)26-23/h2-13H,1H3,(H2,24,28)(H,25,26). The number of imidazole rings is 1. The molecule has 2 aromatic heterocycles. The lowest BCUT2D eigenvalue weighted by Gasteiger charge is -2.07. The summed E-state index contributed by atoms with van der Waals surface area (Å²) in [6, 6.07) is 19.1. The van der Waals surface area contributed by atoms with Crippen molar-refractivity contribution in [1.29, 1.82) is 0 Å². The number of carbonyl (C=O) groups excluding carboxylic acids is 1. The van der Waals surface area contributed by atoms with Gasteiger partial charge < -0.3 is 10.7 Å². The molecule has 31 heavy (non-hydrogen) atoms. The van der Waals surface area contributed by atoms with Gasteiger partial charge in [-0.1, -0.05) is 42.0 Å². The highest BCUT2D eigenvalue weighted by Crippen LogP contribution is 2.33. The third-order valence-corrected chi connectivity index (χ3v) is 6.98. The number of nitrogens with zero attached hydrogens (tertiary/aromatic N) is 2. The molecule has 0 saturated heterocycles. The van der Waals surface area contributed by atoms with E-state index in [4.69, 9.17) is 5.73 Å². The van der Waals surface area contributed by atoms with Crippen molar-refractivity contribution in [3.05, 3.63) is 84.1 Å². The summed E-state index contributed by atoms with van der Waals surface area (Å²) in [6.45, 7) is 1.90. The normalized spacial score (nSPS) is 11.9. The minimum Gasteiger partial charge on any atom is -0.366 e. The van der Waals surface area contributed by atoms with E-state index in [1.54, 1.807) is 60.8 Å². The third kappa shape index (κ3) is 3.00. The van der Waals surface area contributed by atoms with Gasteiger partial charge in [-0.2, -0.15) is 0 Å². The highest BCUT2D eigenvalue weighted by Gasteiger charge is 2.23. The highest BCUT2D eigenvalue weighted by molar-refractivity contribution is 7.90. The summed E-state index contributed by atoms with van der Waals surface area (Å²) >= 11 is 0. The number of aryl methyl sites for hydroxylation is 1. The molecule has 7 nitrogen and oxygen atoms in total. The molecule has 3 N–H and O–H groups in total. The largest absolute Gasteiger partial charge is 0.366 e. The minimum atomic E-state index is -3.82. The Morgan fingerprint density at radius 1 is 1.00 bits per heavy atom. The number of carbonyl (C=O) groups is 1. The summed E-state index contributed by atoms with van der Waals surface area (Å²) in [7, 11) is -3.82. The monoisotopic (exact) mass is 430 g/mol. The van der Waals surface area contributed by atoms with Gasteiger partial charge in [-0.15, -0.1) is 0 Å². The third-order valence-electron chi connectivity index (χ3n) is 5.29. The topological polar surface area (TPSA) is 111 Å². The Labute approximate surface area is 178 Å². The quantitative estimate of drug-likeness (QED) is 0.451. The van der Waals surface area contributed by atoms with E-state index in [1.165, 1.54) is 3.97 Å². The molecule has 154 valence electrons. The average molecular weight is 430 g/mol. The number of amides is 1. The molecule has 5 aromatic rings. The molecule has 0 saturated carbocycles. The van der Waals surface area contributed by atoms with Crippen molar-refractivity contribution in [2.75, 3.05) is 0 Å².